The number of para-hydroxylation sites is 1. The van der Waals surface area contributed by atoms with Crippen molar-refractivity contribution in [2.24, 2.45) is 0 Å². The molecule has 0 radical (unpaired) electrons. The quantitative estimate of drug-likeness (QED) is 0.473. The standard InChI is InChI=1S/C25H26N2OS/c1-3-17-29-23-16-10-7-13-20(23)18-26(2)27-22-15-9-8-14-21(22)24(25(27)28)19-11-5-4-6-12-19/h4-16,24H,3,17-18H2,1-2H3/t24-/m1/s1. The number of hydrazine groups is 1. The Morgan fingerprint density at radius 3 is 2.41 bits per heavy atom. The maximum Gasteiger partial charge on any atom is 0.253 e. The minimum atomic E-state index is -0.250. The topological polar surface area (TPSA) is 23.6 Å². The van der Waals surface area contributed by atoms with Crippen molar-refractivity contribution in [1.29, 1.82) is 0 Å². The molecule has 1 atom stereocenters. The van der Waals surface area contributed by atoms with Gasteiger partial charge in [-0.25, -0.2) is 10.0 Å². The van der Waals surface area contributed by atoms with Crippen LogP contribution in [0.25, 0.3) is 0 Å². The van der Waals surface area contributed by atoms with Crippen molar-refractivity contribution >= 4 is 23.4 Å². The molecule has 1 aliphatic heterocycles. The van der Waals surface area contributed by atoms with Crippen LogP contribution >= 0.6 is 11.8 Å². The molecule has 0 fully saturated rings. The zero-order valence-corrected chi connectivity index (χ0v) is 17.7. The molecule has 1 heterocycles. The van der Waals surface area contributed by atoms with Crippen LogP contribution in [0.5, 0.6) is 0 Å². The summed E-state index contributed by atoms with van der Waals surface area (Å²) in [5.41, 5.74) is 4.35. The molecule has 3 aromatic rings. The molecule has 1 amide bonds. The summed E-state index contributed by atoms with van der Waals surface area (Å²) in [7, 11) is 2.00. The van der Waals surface area contributed by atoms with Crippen LogP contribution in [0, 0.1) is 0 Å². The highest BCUT2D eigenvalue weighted by atomic mass is 32.2. The fraction of sp³-hybridized carbons (Fsp3) is 0.240. The Balaban J connectivity index is 1.64. The predicted octanol–water partition coefficient (Wildman–Crippen LogP) is 5.71. The fourth-order valence-electron chi connectivity index (χ4n) is 3.92. The molecular weight excluding hydrogens is 376 g/mol. The van der Waals surface area contributed by atoms with Crippen molar-refractivity contribution in [2.45, 2.75) is 30.7 Å². The second-order valence-corrected chi connectivity index (χ2v) is 8.46. The molecule has 0 N–H and O–H groups in total. The summed E-state index contributed by atoms with van der Waals surface area (Å²) in [6.07, 6.45) is 1.14. The number of carbonyl (C=O) groups is 1. The van der Waals surface area contributed by atoms with E-state index >= 15 is 0 Å². The van der Waals surface area contributed by atoms with Gasteiger partial charge >= 0.3 is 0 Å². The van der Waals surface area contributed by atoms with Gasteiger partial charge in [0.15, 0.2) is 0 Å². The smallest absolute Gasteiger partial charge is 0.253 e. The summed E-state index contributed by atoms with van der Waals surface area (Å²) >= 11 is 1.89. The van der Waals surface area contributed by atoms with Gasteiger partial charge in [0, 0.05) is 18.5 Å². The second kappa shape index (κ2) is 8.85. The number of benzene rings is 3. The lowest BCUT2D eigenvalue weighted by Gasteiger charge is -2.29. The molecule has 3 aromatic carbocycles. The first-order valence-electron chi connectivity index (χ1n) is 10.1. The average Bonchev–Trinajstić information content (AvgIpc) is 3.05. The van der Waals surface area contributed by atoms with E-state index in [-0.39, 0.29) is 11.8 Å². The lowest BCUT2D eigenvalue weighted by atomic mass is 9.93. The van der Waals surface area contributed by atoms with Crippen LogP contribution in [0.2, 0.25) is 0 Å². The van der Waals surface area contributed by atoms with Crippen molar-refractivity contribution in [3.05, 3.63) is 95.6 Å². The number of carbonyl (C=O) groups excluding carboxylic acids is 1. The summed E-state index contributed by atoms with van der Waals surface area (Å²) in [5, 5.41) is 3.91. The van der Waals surface area contributed by atoms with Gasteiger partial charge in [0.05, 0.1) is 11.6 Å². The van der Waals surface area contributed by atoms with E-state index in [0.29, 0.717) is 6.54 Å². The van der Waals surface area contributed by atoms with Gasteiger partial charge in [0.2, 0.25) is 0 Å². The van der Waals surface area contributed by atoms with Crippen LogP contribution in [-0.4, -0.2) is 23.7 Å². The molecule has 3 nitrogen and oxygen atoms in total. The molecule has 0 aliphatic carbocycles. The maximum atomic E-state index is 13.5. The highest BCUT2D eigenvalue weighted by Crippen LogP contribution is 2.42. The Hall–Kier alpha value is -2.56. The van der Waals surface area contributed by atoms with Crippen LogP contribution in [0.4, 0.5) is 5.69 Å². The molecule has 0 unspecified atom stereocenters. The highest BCUT2D eigenvalue weighted by molar-refractivity contribution is 7.99. The van der Waals surface area contributed by atoms with E-state index in [9.17, 15) is 4.79 Å². The second-order valence-electron chi connectivity index (χ2n) is 7.32. The maximum absolute atomic E-state index is 13.5. The number of anilines is 1. The van der Waals surface area contributed by atoms with Gasteiger partial charge in [-0.05, 0) is 41.0 Å². The Morgan fingerprint density at radius 2 is 1.62 bits per heavy atom. The summed E-state index contributed by atoms with van der Waals surface area (Å²) in [4.78, 5) is 14.8. The number of hydrogen-bond acceptors (Lipinski definition) is 3. The van der Waals surface area contributed by atoms with E-state index < -0.39 is 0 Å². The number of fused-ring (bicyclic) bond motifs is 1. The largest absolute Gasteiger partial charge is 0.272 e. The van der Waals surface area contributed by atoms with Crippen molar-refractivity contribution in [2.75, 3.05) is 17.8 Å². The summed E-state index contributed by atoms with van der Waals surface area (Å²) < 4.78 is 0. The van der Waals surface area contributed by atoms with E-state index in [4.69, 9.17) is 0 Å². The number of nitrogens with zero attached hydrogens (tertiary/aromatic N) is 2. The first kappa shape index (κ1) is 19.7. The number of rotatable bonds is 7. The third kappa shape index (κ3) is 3.96. The van der Waals surface area contributed by atoms with E-state index in [2.05, 4.69) is 42.3 Å². The minimum absolute atomic E-state index is 0.110. The third-order valence-corrected chi connectivity index (χ3v) is 6.56. The van der Waals surface area contributed by atoms with Gasteiger partial charge < -0.3 is 0 Å². The van der Waals surface area contributed by atoms with E-state index in [0.717, 1.165) is 29.0 Å². The monoisotopic (exact) mass is 402 g/mol. The molecule has 0 saturated heterocycles. The molecule has 148 valence electrons. The molecule has 0 spiro atoms. The van der Waals surface area contributed by atoms with Gasteiger partial charge in [-0.2, -0.15) is 0 Å². The summed E-state index contributed by atoms with van der Waals surface area (Å²) in [6.45, 7) is 2.89. The molecule has 0 aromatic heterocycles. The molecule has 29 heavy (non-hydrogen) atoms. The minimum Gasteiger partial charge on any atom is -0.272 e. The van der Waals surface area contributed by atoms with Crippen LogP contribution in [0.1, 0.15) is 36.0 Å². The molecule has 1 aliphatic rings. The molecule has 4 rings (SSSR count). The van der Waals surface area contributed by atoms with Crippen molar-refractivity contribution in [3.63, 3.8) is 0 Å². The molecule has 0 bridgehead atoms. The molecular formula is C25H26N2OS. The lowest BCUT2D eigenvalue weighted by molar-refractivity contribution is -0.121. The number of thioether (sulfide) groups is 1. The van der Waals surface area contributed by atoms with Crippen LogP contribution < -0.4 is 5.01 Å². The Bertz CT molecular complexity index is 989. The molecule has 4 heteroatoms. The average molecular weight is 403 g/mol. The normalized spacial score (nSPS) is 15.8. The van der Waals surface area contributed by atoms with Crippen molar-refractivity contribution in [3.8, 4) is 0 Å². The van der Waals surface area contributed by atoms with Crippen LogP contribution in [0.3, 0.4) is 0 Å². The first-order chi connectivity index (χ1) is 14.2. The van der Waals surface area contributed by atoms with E-state index in [1.54, 1.807) is 0 Å². The third-order valence-electron chi connectivity index (χ3n) is 5.24. The zero-order valence-electron chi connectivity index (χ0n) is 16.9. The molecule has 0 saturated carbocycles. The fourth-order valence-corrected chi connectivity index (χ4v) is 4.84. The Labute approximate surface area is 177 Å². The van der Waals surface area contributed by atoms with Crippen LogP contribution in [-0.2, 0) is 11.3 Å². The van der Waals surface area contributed by atoms with E-state index in [1.807, 2.05) is 72.3 Å². The van der Waals surface area contributed by atoms with E-state index in [1.165, 1.54) is 10.5 Å². The Kier molecular flexibility index (Phi) is 6.02. The highest BCUT2D eigenvalue weighted by Gasteiger charge is 2.40. The first-order valence-corrected chi connectivity index (χ1v) is 11.1. The van der Waals surface area contributed by atoms with Gasteiger partial charge in [0.25, 0.3) is 5.91 Å². The van der Waals surface area contributed by atoms with Gasteiger partial charge in [-0.3, -0.25) is 4.79 Å². The zero-order chi connectivity index (χ0) is 20.2. The van der Waals surface area contributed by atoms with Gasteiger partial charge in [0.1, 0.15) is 0 Å². The summed E-state index contributed by atoms with van der Waals surface area (Å²) in [5.74, 6) is 0.959. The van der Waals surface area contributed by atoms with Crippen LogP contribution in [0.15, 0.2) is 83.8 Å². The lowest BCUT2D eigenvalue weighted by Crippen LogP contribution is -2.42. The Morgan fingerprint density at radius 1 is 0.931 bits per heavy atom. The van der Waals surface area contributed by atoms with Gasteiger partial charge in [-0.15, -0.1) is 11.8 Å². The van der Waals surface area contributed by atoms with Crippen molar-refractivity contribution in [1.82, 2.24) is 5.01 Å². The van der Waals surface area contributed by atoms with Gasteiger partial charge in [-0.1, -0.05) is 73.7 Å². The number of amides is 1. The summed E-state index contributed by atoms with van der Waals surface area (Å²) in [6, 6.07) is 26.7. The number of hydrogen-bond donors (Lipinski definition) is 0. The van der Waals surface area contributed by atoms with Crippen molar-refractivity contribution < 1.29 is 4.79 Å². The SMILES string of the molecule is CCCSc1ccccc1CN(C)N1C(=O)[C@H](c2ccccc2)c2ccccc21. The predicted molar refractivity (Wildman–Crippen MR) is 121 cm³/mol.